The first-order chi connectivity index (χ1) is 14.8. The highest BCUT2D eigenvalue weighted by atomic mass is 32.2. The van der Waals surface area contributed by atoms with Crippen LogP contribution < -0.4 is 23.8 Å². The zero-order valence-corrected chi connectivity index (χ0v) is 18.8. The van der Waals surface area contributed by atoms with Gasteiger partial charge >= 0.3 is 0 Å². The summed E-state index contributed by atoms with van der Waals surface area (Å²) in [6, 6.07) is 12.3. The van der Waals surface area contributed by atoms with Gasteiger partial charge in [-0.15, -0.1) is 0 Å². The van der Waals surface area contributed by atoms with Crippen molar-refractivity contribution >= 4 is 21.6 Å². The van der Waals surface area contributed by atoms with E-state index < -0.39 is 10.0 Å². The second kappa shape index (κ2) is 9.91. The van der Waals surface area contributed by atoms with Crippen LogP contribution in [0.3, 0.4) is 0 Å². The number of hydrogen-bond acceptors (Lipinski definition) is 6. The summed E-state index contributed by atoms with van der Waals surface area (Å²) in [6.07, 6.45) is 1.70. The maximum Gasteiger partial charge on any atom is 0.232 e. The number of ether oxygens (including phenoxy) is 3. The van der Waals surface area contributed by atoms with Crippen LogP contribution in [0.4, 0.5) is 5.69 Å². The Morgan fingerprint density at radius 2 is 1.87 bits per heavy atom. The summed E-state index contributed by atoms with van der Waals surface area (Å²) in [4.78, 5) is 12.4. The molecular weight excluding hydrogens is 420 g/mol. The molecule has 1 aliphatic rings. The molecule has 0 aromatic heterocycles. The number of hydrogen-bond donors (Lipinski definition) is 1. The Morgan fingerprint density at radius 3 is 2.58 bits per heavy atom. The lowest BCUT2D eigenvalue weighted by Crippen LogP contribution is -2.32. The first-order valence-electron chi connectivity index (χ1n) is 10.1. The van der Waals surface area contributed by atoms with Gasteiger partial charge in [0.05, 0.1) is 25.1 Å². The fourth-order valence-corrected chi connectivity index (χ4v) is 4.43. The number of amides is 1. The predicted octanol–water partition coefficient (Wildman–Crippen LogP) is 2.89. The Hall–Kier alpha value is -2.94. The molecule has 8 nitrogen and oxygen atoms in total. The van der Waals surface area contributed by atoms with E-state index in [4.69, 9.17) is 14.2 Å². The quantitative estimate of drug-likeness (QED) is 0.634. The fraction of sp³-hybridized carbons (Fsp3) is 0.409. The van der Waals surface area contributed by atoms with Crippen molar-refractivity contribution in [2.45, 2.75) is 25.8 Å². The molecule has 0 unspecified atom stereocenters. The molecular formula is C22H28N2O6S. The first kappa shape index (κ1) is 22.7. The molecule has 1 aliphatic heterocycles. The number of carbonyl (C=O) groups is 1. The van der Waals surface area contributed by atoms with Crippen molar-refractivity contribution in [3.8, 4) is 17.2 Å². The molecule has 9 heteroatoms. The minimum absolute atomic E-state index is 0.158. The van der Waals surface area contributed by atoms with Gasteiger partial charge in [0.2, 0.25) is 15.9 Å². The third kappa shape index (κ3) is 5.81. The van der Waals surface area contributed by atoms with Gasteiger partial charge < -0.3 is 19.5 Å². The second-order valence-electron chi connectivity index (χ2n) is 7.30. The summed E-state index contributed by atoms with van der Waals surface area (Å²) < 4.78 is 42.4. The number of fused-ring (bicyclic) bond motifs is 1. The number of anilines is 1. The lowest BCUT2D eigenvalue weighted by Gasteiger charge is -2.25. The van der Waals surface area contributed by atoms with Crippen LogP contribution in [0, 0.1) is 0 Å². The van der Waals surface area contributed by atoms with Crippen molar-refractivity contribution < 1.29 is 27.4 Å². The zero-order valence-electron chi connectivity index (χ0n) is 18.0. The molecule has 1 atom stereocenters. The van der Waals surface area contributed by atoms with Crippen molar-refractivity contribution in [1.29, 1.82) is 0 Å². The summed E-state index contributed by atoms with van der Waals surface area (Å²) in [5.74, 6) is 1.65. The minimum atomic E-state index is -3.53. The van der Waals surface area contributed by atoms with Crippen LogP contribution >= 0.6 is 0 Å². The van der Waals surface area contributed by atoms with Gasteiger partial charge in [-0.2, -0.15) is 0 Å². The number of methoxy groups -OCH3 is 1. The van der Waals surface area contributed by atoms with E-state index >= 15 is 0 Å². The average molecular weight is 449 g/mol. The monoisotopic (exact) mass is 448 g/mol. The third-order valence-corrected chi connectivity index (χ3v) is 6.16. The molecule has 0 saturated carbocycles. The van der Waals surface area contributed by atoms with Crippen LogP contribution in [0.2, 0.25) is 0 Å². The third-order valence-electron chi connectivity index (χ3n) is 4.96. The summed E-state index contributed by atoms with van der Waals surface area (Å²) in [5, 5.41) is 2.94. The topological polar surface area (TPSA) is 94.2 Å². The van der Waals surface area contributed by atoms with Gasteiger partial charge in [0.25, 0.3) is 0 Å². The highest BCUT2D eigenvalue weighted by molar-refractivity contribution is 7.92. The maximum atomic E-state index is 12.4. The van der Waals surface area contributed by atoms with Gasteiger partial charge in [-0.05, 0) is 31.5 Å². The largest absolute Gasteiger partial charge is 0.496 e. The van der Waals surface area contributed by atoms with Crippen LogP contribution in [0.15, 0.2) is 42.5 Å². The second-order valence-corrected chi connectivity index (χ2v) is 9.20. The molecule has 0 radical (unpaired) electrons. The Morgan fingerprint density at radius 1 is 1.16 bits per heavy atom. The van der Waals surface area contributed by atoms with E-state index in [-0.39, 0.29) is 24.9 Å². The molecule has 1 N–H and O–H groups in total. The summed E-state index contributed by atoms with van der Waals surface area (Å²) >= 11 is 0. The van der Waals surface area contributed by atoms with Crippen LogP contribution in [-0.4, -0.2) is 47.4 Å². The maximum absolute atomic E-state index is 12.4. The Kier molecular flexibility index (Phi) is 7.27. The van der Waals surface area contributed by atoms with Crippen LogP contribution in [0.1, 0.15) is 31.4 Å². The van der Waals surface area contributed by atoms with Gasteiger partial charge in [0.1, 0.15) is 19.0 Å². The average Bonchev–Trinajstić information content (AvgIpc) is 2.75. The molecule has 0 fully saturated rings. The molecule has 168 valence electrons. The van der Waals surface area contributed by atoms with Crippen LogP contribution in [0.25, 0.3) is 0 Å². The number of nitrogens with one attached hydrogen (secondary N) is 1. The molecule has 3 rings (SSSR count). The zero-order chi connectivity index (χ0) is 22.4. The van der Waals surface area contributed by atoms with E-state index in [0.29, 0.717) is 42.6 Å². The summed E-state index contributed by atoms with van der Waals surface area (Å²) in [6.45, 7) is 2.94. The molecule has 0 spiro atoms. The van der Waals surface area contributed by atoms with Crippen LogP contribution in [-0.2, 0) is 14.8 Å². The van der Waals surface area contributed by atoms with Gasteiger partial charge in [-0.25, -0.2) is 8.42 Å². The molecule has 0 saturated heterocycles. The summed E-state index contributed by atoms with van der Waals surface area (Å²) in [5.41, 5.74) is 1.36. The number of nitrogens with zero attached hydrogens (tertiary/aromatic N) is 1. The minimum Gasteiger partial charge on any atom is -0.496 e. The highest BCUT2D eigenvalue weighted by Gasteiger charge is 2.21. The molecule has 1 heterocycles. The Bertz CT molecular complexity index is 1020. The SMILES string of the molecule is COc1ccccc1[C@@H](C)NC(=O)CCCN(c1ccc2c(c1)OCCO2)S(C)(=O)=O. The van der Waals surface area contributed by atoms with E-state index in [1.54, 1.807) is 25.3 Å². The van der Waals surface area contributed by atoms with E-state index in [0.717, 1.165) is 11.8 Å². The molecule has 2 aromatic rings. The molecule has 1 amide bonds. The number of carbonyl (C=O) groups excluding carboxylic acids is 1. The van der Waals surface area contributed by atoms with Crippen molar-refractivity contribution in [1.82, 2.24) is 5.32 Å². The lowest BCUT2D eigenvalue weighted by atomic mass is 10.1. The van der Waals surface area contributed by atoms with E-state index in [1.807, 2.05) is 31.2 Å². The number of para-hydroxylation sites is 1. The van der Waals surface area contributed by atoms with Gasteiger partial charge in [-0.3, -0.25) is 9.10 Å². The van der Waals surface area contributed by atoms with E-state index in [9.17, 15) is 13.2 Å². The molecule has 31 heavy (non-hydrogen) atoms. The Balaban J connectivity index is 1.60. The molecule has 0 bridgehead atoms. The predicted molar refractivity (Wildman–Crippen MR) is 118 cm³/mol. The van der Waals surface area contributed by atoms with Crippen molar-refractivity contribution in [2.75, 3.05) is 37.4 Å². The fourth-order valence-electron chi connectivity index (χ4n) is 3.47. The molecule has 0 aliphatic carbocycles. The Labute approximate surface area is 183 Å². The number of rotatable bonds is 9. The summed E-state index contributed by atoms with van der Waals surface area (Å²) in [7, 11) is -1.94. The first-order valence-corrected chi connectivity index (χ1v) is 11.9. The van der Waals surface area contributed by atoms with Gasteiger partial charge in [0, 0.05) is 24.6 Å². The smallest absolute Gasteiger partial charge is 0.232 e. The highest BCUT2D eigenvalue weighted by Crippen LogP contribution is 2.34. The lowest BCUT2D eigenvalue weighted by molar-refractivity contribution is -0.121. The van der Waals surface area contributed by atoms with Crippen molar-refractivity contribution in [2.24, 2.45) is 0 Å². The number of sulfonamides is 1. The van der Waals surface area contributed by atoms with Crippen molar-refractivity contribution in [3.63, 3.8) is 0 Å². The van der Waals surface area contributed by atoms with Gasteiger partial charge in [0.15, 0.2) is 11.5 Å². The molecule has 2 aromatic carbocycles. The van der Waals surface area contributed by atoms with Gasteiger partial charge in [-0.1, -0.05) is 18.2 Å². The van der Waals surface area contributed by atoms with E-state index in [2.05, 4.69) is 5.32 Å². The van der Waals surface area contributed by atoms with E-state index in [1.165, 1.54) is 4.31 Å². The van der Waals surface area contributed by atoms with Crippen molar-refractivity contribution in [3.05, 3.63) is 48.0 Å². The number of benzene rings is 2. The van der Waals surface area contributed by atoms with Crippen LogP contribution in [0.5, 0.6) is 17.2 Å². The standard InChI is InChI=1S/C22H28N2O6S/c1-16(18-7-4-5-8-19(18)28-2)23-22(25)9-6-12-24(31(3,26)27)17-10-11-20-21(15-17)30-14-13-29-20/h4-5,7-8,10-11,15-16H,6,9,12-14H2,1-3H3,(H,23,25)/t16-/m1/s1. The normalized spacial score (nSPS) is 13.9.